The van der Waals surface area contributed by atoms with Gasteiger partial charge in [-0.05, 0) is 62.1 Å². The molecule has 2 aromatic carbocycles. The van der Waals surface area contributed by atoms with Gasteiger partial charge in [0.05, 0.1) is 19.9 Å². The fourth-order valence-corrected chi connectivity index (χ4v) is 3.97. The average Bonchev–Trinajstić information content (AvgIpc) is 2.73. The van der Waals surface area contributed by atoms with Crippen molar-refractivity contribution < 1.29 is 19.1 Å². The van der Waals surface area contributed by atoms with Gasteiger partial charge >= 0.3 is 6.03 Å². The fraction of sp³-hybridized carbons (Fsp3) is 0.391. The Labute approximate surface area is 171 Å². The molecule has 1 saturated heterocycles. The molecule has 1 aliphatic heterocycles. The lowest BCUT2D eigenvalue weighted by molar-refractivity contribution is 0.0851. The highest BCUT2D eigenvalue weighted by atomic mass is 16.5. The predicted octanol–water partition coefficient (Wildman–Crippen LogP) is 4.45. The van der Waals surface area contributed by atoms with Crippen LogP contribution in [0.1, 0.15) is 34.3 Å². The zero-order valence-corrected chi connectivity index (χ0v) is 17.5. The fourth-order valence-electron chi connectivity index (χ4n) is 3.97. The first-order valence-corrected chi connectivity index (χ1v) is 9.83. The molecule has 0 bridgehead atoms. The van der Waals surface area contributed by atoms with Gasteiger partial charge in [0.25, 0.3) is 0 Å². The molecule has 6 nitrogen and oxygen atoms in total. The predicted molar refractivity (Wildman–Crippen MR) is 113 cm³/mol. The van der Waals surface area contributed by atoms with Crippen LogP contribution < -0.4 is 14.8 Å². The largest absolute Gasteiger partial charge is 0.496 e. The van der Waals surface area contributed by atoms with Gasteiger partial charge in [0.2, 0.25) is 0 Å². The van der Waals surface area contributed by atoms with Gasteiger partial charge in [-0.1, -0.05) is 12.1 Å². The van der Waals surface area contributed by atoms with Crippen LogP contribution >= 0.6 is 0 Å². The summed E-state index contributed by atoms with van der Waals surface area (Å²) in [5.74, 6) is 1.28. The van der Waals surface area contributed by atoms with Crippen LogP contribution in [0.3, 0.4) is 0 Å². The highest BCUT2D eigenvalue weighted by Crippen LogP contribution is 2.28. The van der Waals surface area contributed by atoms with Crippen molar-refractivity contribution in [3.05, 3.63) is 53.1 Å². The number of carbonyl (C=O) groups excluding carboxylic acids is 2. The van der Waals surface area contributed by atoms with Gasteiger partial charge in [-0.25, -0.2) is 4.79 Å². The number of para-hydroxylation sites is 2. The van der Waals surface area contributed by atoms with Crippen LogP contribution in [0.5, 0.6) is 11.5 Å². The molecule has 1 atom stereocenters. The van der Waals surface area contributed by atoms with Crippen molar-refractivity contribution in [2.75, 3.05) is 32.6 Å². The van der Waals surface area contributed by atoms with Crippen LogP contribution in [0.2, 0.25) is 0 Å². The van der Waals surface area contributed by atoms with E-state index in [1.54, 1.807) is 31.3 Å². The number of Topliss-reactive ketones (excluding diaryl/α,β-unsaturated/α-hetero) is 1. The minimum absolute atomic E-state index is 0.0774. The lowest BCUT2D eigenvalue weighted by Crippen LogP contribution is -2.44. The molecule has 0 aliphatic carbocycles. The molecule has 2 amide bonds. The van der Waals surface area contributed by atoms with Crippen molar-refractivity contribution in [2.45, 2.75) is 26.7 Å². The summed E-state index contributed by atoms with van der Waals surface area (Å²) in [6.07, 6.45) is 1.57. The molecule has 0 spiro atoms. The quantitative estimate of drug-likeness (QED) is 0.759. The molecule has 0 unspecified atom stereocenters. The molecule has 3 rings (SSSR count). The highest BCUT2D eigenvalue weighted by Gasteiger charge is 2.30. The topological polar surface area (TPSA) is 67.9 Å². The van der Waals surface area contributed by atoms with Gasteiger partial charge in [-0.15, -0.1) is 0 Å². The molecule has 0 aromatic heterocycles. The van der Waals surface area contributed by atoms with Crippen molar-refractivity contribution in [3.63, 3.8) is 0 Å². The number of anilines is 1. The van der Waals surface area contributed by atoms with E-state index in [2.05, 4.69) is 5.32 Å². The van der Waals surface area contributed by atoms with E-state index in [1.807, 2.05) is 38.1 Å². The Morgan fingerprint density at radius 2 is 1.76 bits per heavy atom. The van der Waals surface area contributed by atoms with Crippen LogP contribution in [0.15, 0.2) is 36.4 Å². The summed E-state index contributed by atoms with van der Waals surface area (Å²) in [6, 6.07) is 10.8. The maximum atomic E-state index is 13.1. The lowest BCUT2D eigenvalue weighted by atomic mass is 9.89. The Balaban J connectivity index is 1.71. The number of rotatable bonds is 5. The summed E-state index contributed by atoms with van der Waals surface area (Å²) in [4.78, 5) is 27.6. The summed E-state index contributed by atoms with van der Waals surface area (Å²) in [5, 5.41) is 2.90. The first-order valence-electron chi connectivity index (χ1n) is 9.83. The molecular weight excluding hydrogens is 368 g/mol. The number of benzene rings is 2. The third kappa shape index (κ3) is 4.53. The average molecular weight is 396 g/mol. The Bertz CT molecular complexity index is 886. The Morgan fingerprint density at radius 3 is 2.41 bits per heavy atom. The van der Waals surface area contributed by atoms with Crippen LogP contribution in [-0.4, -0.2) is 44.0 Å². The number of urea groups is 1. The number of likely N-dealkylation sites (tertiary alicyclic amines) is 1. The van der Waals surface area contributed by atoms with Crippen molar-refractivity contribution in [2.24, 2.45) is 5.92 Å². The Morgan fingerprint density at radius 1 is 1.07 bits per heavy atom. The number of ether oxygens (including phenoxy) is 2. The third-order valence-corrected chi connectivity index (χ3v) is 5.38. The van der Waals surface area contributed by atoms with Gasteiger partial charge in [-0.2, -0.15) is 0 Å². The van der Waals surface area contributed by atoms with E-state index in [-0.39, 0.29) is 17.7 Å². The van der Waals surface area contributed by atoms with Crippen molar-refractivity contribution in [1.29, 1.82) is 0 Å². The second-order valence-corrected chi connectivity index (χ2v) is 7.42. The number of hydrogen-bond donors (Lipinski definition) is 1. The molecule has 6 heteroatoms. The van der Waals surface area contributed by atoms with E-state index < -0.39 is 0 Å². The van der Waals surface area contributed by atoms with Crippen LogP contribution in [0.25, 0.3) is 0 Å². The van der Waals surface area contributed by atoms with E-state index in [0.29, 0.717) is 30.1 Å². The number of hydrogen-bond acceptors (Lipinski definition) is 4. The van der Waals surface area contributed by atoms with Crippen molar-refractivity contribution in [3.8, 4) is 11.5 Å². The number of nitrogens with zero attached hydrogens (tertiary/aromatic N) is 1. The number of nitrogens with one attached hydrogen (secondary N) is 1. The van der Waals surface area contributed by atoms with Crippen molar-refractivity contribution >= 4 is 17.5 Å². The monoisotopic (exact) mass is 396 g/mol. The molecule has 29 heavy (non-hydrogen) atoms. The minimum Gasteiger partial charge on any atom is -0.496 e. The van der Waals surface area contributed by atoms with Crippen LogP contribution in [0.4, 0.5) is 10.5 Å². The van der Waals surface area contributed by atoms with E-state index in [0.717, 1.165) is 29.7 Å². The summed E-state index contributed by atoms with van der Waals surface area (Å²) in [6.45, 7) is 4.92. The molecule has 154 valence electrons. The van der Waals surface area contributed by atoms with E-state index in [4.69, 9.17) is 9.47 Å². The highest BCUT2D eigenvalue weighted by molar-refractivity contribution is 5.99. The van der Waals surface area contributed by atoms with Gasteiger partial charge in [0, 0.05) is 24.6 Å². The maximum absolute atomic E-state index is 13.1. The number of aryl methyl sites for hydroxylation is 2. The third-order valence-electron chi connectivity index (χ3n) is 5.38. The first kappa shape index (κ1) is 20.7. The van der Waals surface area contributed by atoms with E-state index >= 15 is 0 Å². The van der Waals surface area contributed by atoms with Crippen LogP contribution in [0, 0.1) is 19.8 Å². The summed E-state index contributed by atoms with van der Waals surface area (Å²) >= 11 is 0. The maximum Gasteiger partial charge on any atom is 0.321 e. The zero-order chi connectivity index (χ0) is 21.0. The van der Waals surface area contributed by atoms with Gasteiger partial charge in [0.15, 0.2) is 5.78 Å². The Hall–Kier alpha value is -3.02. The first-order chi connectivity index (χ1) is 13.9. The van der Waals surface area contributed by atoms with E-state index in [9.17, 15) is 9.59 Å². The molecule has 1 N–H and O–H groups in total. The number of ketones is 1. The second kappa shape index (κ2) is 8.99. The molecule has 2 aromatic rings. The number of piperidine rings is 1. The number of amides is 2. The second-order valence-electron chi connectivity index (χ2n) is 7.42. The summed E-state index contributed by atoms with van der Waals surface area (Å²) in [5.41, 5.74) is 3.18. The molecule has 1 fully saturated rings. The minimum atomic E-state index is -0.214. The number of methoxy groups -OCH3 is 2. The smallest absolute Gasteiger partial charge is 0.321 e. The molecule has 0 radical (unpaired) electrons. The van der Waals surface area contributed by atoms with Gasteiger partial charge in [-0.3, -0.25) is 4.79 Å². The molecule has 1 aliphatic rings. The SMILES string of the molecule is COc1ccccc1NC(=O)N1CCC[C@@H](C(=O)c2cc(C)c(OC)c(C)c2)C1. The van der Waals surface area contributed by atoms with Crippen LogP contribution in [-0.2, 0) is 0 Å². The molecule has 1 heterocycles. The number of carbonyl (C=O) groups is 2. The summed E-state index contributed by atoms with van der Waals surface area (Å²) in [7, 11) is 3.20. The van der Waals surface area contributed by atoms with Crippen molar-refractivity contribution in [1.82, 2.24) is 4.90 Å². The molecular formula is C23H28N2O4. The zero-order valence-electron chi connectivity index (χ0n) is 17.5. The normalized spacial score (nSPS) is 16.3. The van der Waals surface area contributed by atoms with E-state index in [1.165, 1.54) is 0 Å². The summed E-state index contributed by atoms with van der Waals surface area (Å²) < 4.78 is 10.7. The molecule has 0 saturated carbocycles. The Kier molecular flexibility index (Phi) is 6.42. The lowest BCUT2D eigenvalue weighted by Gasteiger charge is -2.32. The van der Waals surface area contributed by atoms with Gasteiger partial charge in [0.1, 0.15) is 11.5 Å². The standard InChI is InChI=1S/C23H28N2O4/c1-15-12-18(13-16(2)22(15)29-4)21(26)17-8-7-11-25(14-17)23(27)24-19-9-5-6-10-20(19)28-3/h5-6,9-10,12-13,17H,7-8,11,14H2,1-4H3,(H,24,27)/t17-/m1/s1. The van der Waals surface area contributed by atoms with Gasteiger partial charge < -0.3 is 19.7 Å².